The number of nitrogens with two attached hydrogens (primary N) is 1. The second-order valence-corrected chi connectivity index (χ2v) is 7.66. The summed E-state index contributed by atoms with van der Waals surface area (Å²) in [7, 11) is -0.617. The number of unbranched alkanes of at least 4 members (excludes halogenated alkanes) is 1. The van der Waals surface area contributed by atoms with E-state index in [4.69, 9.17) is 5.73 Å². The van der Waals surface area contributed by atoms with Gasteiger partial charge < -0.3 is 11.1 Å². The van der Waals surface area contributed by atoms with Crippen LogP contribution in [0.15, 0.2) is 27.6 Å². The third kappa shape index (κ3) is 5.51. The molecule has 0 aliphatic rings. The molecule has 0 aliphatic heterocycles. The summed E-state index contributed by atoms with van der Waals surface area (Å²) in [6.07, 6.45) is 1.67. The largest absolute Gasteiger partial charge is 0.352 e. The van der Waals surface area contributed by atoms with Crippen LogP contribution < -0.4 is 11.1 Å². The molecule has 1 rings (SSSR count). The average Bonchev–Trinajstić information content (AvgIpc) is 2.42. The maximum Gasteiger partial charge on any atom is 0.251 e. The molecule has 0 fully saturated rings. The second kappa shape index (κ2) is 9.46. The van der Waals surface area contributed by atoms with Gasteiger partial charge in [0.1, 0.15) is 0 Å². The number of amides is 1. The lowest BCUT2D eigenvalue weighted by atomic mass is 10.2. The van der Waals surface area contributed by atoms with E-state index < -0.39 is 10.0 Å². The summed E-state index contributed by atoms with van der Waals surface area (Å²) in [5.41, 5.74) is 5.79. The predicted molar refractivity (Wildman–Crippen MR) is 92.9 cm³/mol. The number of carbonyl (C=O) groups excluding carboxylic acids is 1. The molecule has 126 valence electrons. The lowest BCUT2D eigenvalue weighted by molar-refractivity contribution is 0.0953. The molecule has 22 heavy (non-hydrogen) atoms. The summed E-state index contributed by atoms with van der Waals surface area (Å²) in [6, 6.07) is 4.43. The van der Waals surface area contributed by atoms with Crippen LogP contribution in [0.3, 0.4) is 0 Å². The van der Waals surface area contributed by atoms with E-state index in [-0.39, 0.29) is 23.2 Å². The Morgan fingerprint density at radius 2 is 1.95 bits per heavy atom. The van der Waals surface area contributed by atoms with Gasteiger partial charge in [-0.2, -0.15) is 0 Å². The van der Waals surface area contributed by atoms with Gasteiger partial charge in [-0.05, 0) is 53.5 Å². The van der Waals surface area contributed by atoms with Gasteiger partial charge in [-0.25, -0.2) is 12.7 Å². The summed E-state index contributed by atoms with van der Waals surface area (Å²) in [5, 5.41) is 2.77. The van der Waals surface area contributed by atoms with Crippen molar-refractivity contribution in [2.75, 3.05) is 27.2 Å². The van der Waals surface area contributed by atoms with Crippen molar-refractivity contribution in [1.29, 1.82) is 0 Å². The van der Waals surface area contributed by atoms with E-state index in [2.05, 4.69) is 21.2 Å². The highest BCUT2D eigenvalue weighted by molar-refractivity contribution is 9.10. The number of rotatable bonds is 7. The van der Waals surface area contributed by atoms with Crippen LogP contribution in [0.1, 0.15) is 23.2 Å². The zero-order chi connectivity index (χ0) is 16.0. The smallest absolute Gasteiger partial charge is 0.251 e. The maximum atomic E-state index is 12.1. The zero-order valence-electron chi connectivity index (χ0n) is 12.5. The van der Waals surface area contributed by atoms with Crippen LogP contribution in [0.25, 0.3) is 0 Å². The molecule has 0 spiro atoms. The molecule has 6 nitrogen and oxygen atoms in total. The first-order chi connectivity index (χ1) is 9.80. The molecule has 0 saturated carbocycles. The minimum Gasteiger partial charge on any atom is -0.352 e. The molecule has 0 aromatic heterocycles. The topological polar surface area (TPSA) is 92.5 Å². The Labute approximate surface area is 146 Å². The lowest BCUT2D eigenvalue weighted by Crippen LogP contribution is -2.25. The minimum absolute atomic E-state index is 0. The standard InChI is InChI=1S/C13H20BrN3O3S.ClH/c1-17(2)21(19,20)12-6-5-10(9-11(12)14)13(18)16-8-4-3-7-15;/h5-6,9H,3-4,7-8,15H2,1-2H3,(H,16,18);1H. The molecule has 9 heteroatoms. The molecule has 0 heterocycles. The van der Waals surface area contributed by atoms with E-state index in [1.165, 1.54) is 32.3 Å². The fraction of sp³-hybridized carbons (Fsp3) is 0.462. The number of nitrogens with one attached hydrogen (secondary N) is 1. The Kier molecular flexibility index (Phi) is 9.18. The average molecular weight is 415 g/mol. The molecule has 3 N–H and O–H groups in total. The van der Waals surface area contributed by atoms with Crippen molar-refractivity contribution in [2.24, 2.45) is 5.73 Å². The molecule has 0 saturated heterocycles. The van der Waals surface area contributed by atoms with E-state index in [9.17, 15) is 13.2 Å². The van der Waals surface area contributed by atoms with Gasteiger partial charge in [-0.3, -0.25) is 4.79 Å². The highest BCUT2D eigenvalue weighted by atomic mass is 79.9. The lowest BCUT2D eigenvalue weighted by Gasteiger charge is -2.13. The van der Waals surface area contributed by atoms with Crippen molar-refractivity contribution in [3.05, 3.63) is 28.2 Å². The first kappa shape index (κ1) is 21.3. The normalized spacial score (nSPS) is 11.1. The van der Waals surface area contributed by atoms with Gasteiger partial charge >= 0.3 is 0 Å². The van der Waals surface area contributed by atoms with Crippen LogP contribution in [0, 0.1) is 0 Å². The van der Waals surface area contributed by atoms with E-state index in [1.807, 2.05) is 0 Å². The van der Waals surface area contributed by atoms with Crippen LogP contribution >= 0.6 is 28.3 Å². The Hall–Kier alpha value is -0.670. The van der Waals surface area contributed by atoms with Gasteiger partial charge in [0.25, 0.3) is 5.91 Å². The molecule has 1 aromatic carbocycles. The number of hydrogen-bond donors (Lipinski definition) is 2. The quantitative estimate of drug-likeness (QED) is 0.663. The summed E-state index contributed by atoms with van der Waals surface area (Å²) in [6.45, 7) is 1.14. The third-order valence-corrected chi connectivity index (χ3v) is 5.66. The van der Waals surface area contributed by atoms with Crippen LogP contribution in [-0.4, -0.2) is 45.8 Å². The van der Waals surface area contributed by atoms with Gasteiger partial charge in [0.2, 0.25) is 10.0 Å². The van der Waals surface area contributed by atoms with E-state index in [1.54, 1.807) is 0 Å². The first-order valence-corrected chi connectivity index (χ1v) is 8.74. The fourth-order valence-electron chi connectivity index (χ4n) is 1.62. The molecule has 1 aromatic rings. The van der Waals surface area contributed by atoms with Gasteiger partial charge in [0.15, 0.2) is 0 Å². The summed E-state index contributed by atoms with van der Waals surface area (Å²) in [5.74, 6) is -0.235. The number of nitrogens with zero attached hydrogens (tertiary/aromatic N) is 1. The highest BCUT2D eigenvalue weighted by Gasteiger charge is 2.21. The SMILES string of the molecule is CN(C)S(=O)(=O)c1ccc(C(=O)NCCCCN)cc1Br.Cl. The van der Waals surface area contributed by atoms with E-state index >= 15 is 0 Å². The first-order valence-electron chi connectivity index (χ1n) is 6.51. The summed E-state index contributed by atoms with van der Waals surface area (Å²) in [4.78, 5) is 12.1. The molecule has 0 aliphatic carbocycles. The van der Waals surface area contributed by atoms with E-state index in [0.717, 1.165) is 17.1 Å². The van der Waals surface area contributed by atoms with Gasteiger partial charge in [-0.1, -0.05) is 0 Å². The van der Waals surface area contributed by atoms with Crippen molar-refractivity contribution < 1.29 is 13.2 Å². The molecular weight excluding hydrogens is 394 g/mol. The molecule has 0 radical (unpaired) electrons. The number of carbonyl (C=O) groups is 1. The van der Waals surface area contributed by atoms with Crippen molar-refractivity contribution in [3.8, 4) is 0 Å². The third-order valence-electron chi connectivity index (χ3n) is 2.87. The summed E-state index contributed by atoms with van der Waals surface area (Å²) < 4.78 is 25.6. The van der Waals surface area contributed by atoms with Crippen LogP contribution in [0.2, 0.25) is 0 Å². The van der Waals surface area contributed by atoms with Crippen molar-refractivity contribution in [2.45, 2.75) is 17.7 Å². The monoisotopic (exact) mass is 413 g/mol. The number of halogens is 2. The zero-order valence-corrected chi connectivity index (χ0v) is 15.7. The Bertz CT molecular complexity index is 609. The van der Waals surface area contributed by atoms with Crippen LogP contribution in [0.4, 0.5) is 0 Å². The second-order valence-electron chi connectivity index (χ2n) is 4.68. The molecule has 0 atom stereocenters. The van der Waals surface area contributed by atoms with Crippen molar-refractivity contribution >= 4 is 44.3 Å². The van der Waals surface area contributed by atoms with Gasteiger partial charge in [0, 0.05) is 30.7 Å². The number of hydrogen-bond acceptors (Lipinski definition) is 4. The number of benzene rings is 1. The Morgan fingerprint density at radius 1 is 1.32 bits per heavy atom. The van der Waals surface area contributed by atoms with Crippen molar-refractivity contribution in [3.63, 3.8) is 0 Å². The van der Waals surface area contributed by atoms with E-state index in [0.29, 0.717) is 23.1 Å². The molecule has 0 unspecified atom stereocenters. The van der Waals surface area contributed by atoms with Crippen molar-refractivity contribution in [1.82, 2.24) is 9.62 Å². The molecular formula is C13H21BrClN3O3S. The molecule has 1 amide bonds. The van der Waals surface area contributed by atoms with Crippen LogP contribution in [-0.2, 0) is 10.0 Å². The highest BCUT2D eigenvalue weighted by Crippen LogP contribution is 2.25. The minimum atomic E-state index is -3.53. The van der Waals surface area contributed by atoms with Gasteiger partial charge in [0.05, 0.1) is 4.90 Å². The summed E-state index contributed by atoms with van der Waals surface area (Å²) >= 11 is 3.21. The maximum absolute atomic E-state index is 12.1. The van der Waals surface area contributed by atoms with Crippen LogP contribution in [0.5, 0.6) is 0 Å². The Balaban J connectivity index is 0.00000441. The predicted octanol–water partition coefficient (Wildman–Crippen LogP) is 1.59. The Morgan fingerprint density at radius 3 is 2.45 bits per heavy atom. The fourth-order valence-corrected chi connectivity index (χ4v) is 3.55. The molecule has 0 bridgehead atoms. The number of sulfonamides is 1. The van der Waals surface area contributed by atoms with Gasteiger partial charge in [-0.15, -0.1) is 12.4 Å².